The summed E-state index contributed by atoms with van der Waals surface area (Å²) in [5.74, 6) is -14.0. The van der Waals surface area contributed by atoms with Gasteiger partial charge in [0.25, 0.3) is 0 Å². The third-order valence-corrected chi connectivity index (χ3v) is 9.04. The summed E-state index contributed by atoms with van der Waals surface area (Å²) < 4.78 is 94.9. The molecule has 41 heavy (non-hydrogen) atoms. The lowest BCUT2D eigenvalue weighted by atomic mass is 9.58. The summed E-state index contributed by atoms with van der Waals surface area (Å²) in [5.41, 5.74) is 3.69. The molecule has 5 aromatic rings. The highest BCUT2D eigenvalue weighted by Crippen LogP contribution is 2.57. The summed E-state index contributed by atoms with van der Waals surface area (Å²) in [5, 5.41) is 3.87. The van der Waals surface area contributed by atoms with Gasteiger partial charge in [-0.25, -0.2) is 8.78 Å². The zero-order valence-electron chi connectivity index (χ0n) is 20.9. The van der Waals surface area contributed by atoms with Crippen molar-refractivity contribution in [1.29, 1.82) is 0 Å². The fourth-order valence-corrected chi connectivity index (χ4v) is 7.05. The second-order valence-electron chi connectivity index (χ2n) is 10.3. The van der Waals surface area contributed by atoms with Crippen molar-refractivity contribution in [2.75, 3.05) is 0 Å². The first-order chi connectivity index (χ1) is 19.5. The van der Waals surface area contributed by atoms with Gasteiger partial charge in [-0.1, -0.05) is 72.8 Å². The number of carbonyl (C=O) groups is 1. The topological polar surface area (TPSA) is 80.7 Å². The van der Waals surface area contributed by atoms with Gasteiger partial charge in [0.2, 0.25) is 17.4 Å². The van der Waals surface area contributed by atoms with Gasteiger partial charge in [0.15, 0.2) is 16.5 Å². The maximum absolute atomic E-state index is 14.7. The van der Waals surface area contributed by atoms with E-state index < -0.39 is 61.8 Å². The highest BCUT2D eigenvalue weighted by atomic mass is 32.2. The molecule has 3 aliphatic rings. The largest absolute Gasteiger partial charge is 0.420 e. The van der Waals surface area contributed by atoms with E-state index in [2.05, 4.69) is 12.1 Å². The Morgan fingerprint density at radius 3 is 1.54 bits per heavy atom. The van der Waals surface area contributed by atoms with E-state index in [-0.39, 0.29) is 12.3 Å². The van der Waals surface area contributed by atoms with Gasteiger partial charge in [0, 0.05) is 11.8 Å². The maximum atomic E-state index is 14.7. The summed E-state index contributed by atoms with van der Waals surface area (Å²) in [6, 6.07) is 23.5. The predicted molar refractivity (Wildman–Crippen MR) is 141 cm³/mol. The zero-order chi connectivity index (χ0) is 28.8. The lowest BCUT2D eigenvalue weighted by molar-refractivity contribution is -0.140. The molecule has 0 amide bonds. The number of carbonyl (C=O) groups excluding carboxylic acids is 1. The minimum Gasteiger partial charge on any atom is -0.420 e. The molecule has 5 nitrogen and oxygen atoms in total. The van der Waals surface area contributed by atoms with Gasteiger partial charge < -0.3 is 4.74 Å². The Hall–Kier alpha value is -4.28. The smallest absolute Gasteiger partial charge is 0.315 e. The standard InChI is InChI=1S/C31H18F4O5S/c32-25-27(34)30(41(37,38)39)28(35)26(33)29(25)40-31(36)23-13-20-18-9-14-5-1-3-7-16(14)11-21(18)24(23)22-12-17-8-4-2-6-15(17)10-19(20)22/h1-12,20,23-24H,13H2,(H,37,38,39). The number of hydrogen-bond donors (Lipinski definition) is 1. The molecule has 1 unspecified atom stereocenters. The highest BCUT2D eigenvalue weighted by molar-refractivity contribution is 7.85. The van der Waals surface area contributed by atoms with Gasteiger partial charge >= 0.3 is 16.1 Å². The predicted octanol–water partition coefficient (Wildman–Crippen LogP) is 7.00. The molecule has 1 atom stereocenters. The number of hydrogen-bond acceptors (Lipinski definition) is 4. The van der Waals surface area contributed by atoms with Crippen molar-refractivity contribution in [2.45, 2.75) is 23.2 Å². The molecule has 5 aromatic carbocycles. The molecule has 206 valence electrons. The number of ether oxygens (including phenoxy) is 1. The number of halogens is 4. The molecule has 0 heterocycles. The van der Waals surface area contributed by atoms with Crippen molar-refractivity contribution >= 4 is 37.6 Å². The molecule has 0 saturated carbocycles. The first-order valence-corrected chi connectivity index (χ1v) is 14.1. The molecular formula is C31H18F4O5S. The van der Waals surface area contributed by atoms with E-state index in [1.165, 1.54) is 0 Å². The Morgan fingerprint density at radius 1 is 0.707 bits per heavy atom. The van der Waals surface area contributed by atoms with Crippen LogP contribution in [0.15, 0.2) is 77.7 Å². The molecule has 0 aliphatic heterocycles. The molecule has 8 rings (SSSR count). The second-order valence-corrected chi connectivity index (χ2v) is 11.7. The zero-order valence-corrected chi connectivity index (χ0v) is 21.7. The number of fused-ring (bicyclic) bond motifs is 3. The summed E-state index contributed by atoms with van der Waals surface area (Å²) in [6.07, 6.45) is 0.206. The van der Waals surface area contributed by atoms with Crippen molar-refractivity contribution in [1.82, 2.24) is 0 Å². The first-order valence-electron chi connectivity index (χ1n) is 12.6. The van der Waals surface area contributed by atoms with E-state index in [9.17, 15) is 30.8 Å². The van der Waals surface area contributed by atoms with Crippen LogP contribution in [0.5, 0.6) is 5.75 Å². The lowest BCUT2D eigenvalue weighted by Crippen LogP contribution is -2.38. The van der Waals surface area contributed by atoms with Crippen LogP contribution in [0.3, 0.4) is 0 Å². The van der Waals surface area contributed by atoms with Crippen LogP contribution in [0, 0.1) is 29.2 Å². The Bertz CT molecular complexity index is 1960. The quantitative estimate of drug-likeness (QED) is 0.0820. The van der Waals surface area contributed by atoms with Gasteiger partial charge in [-0.3, -0.25) is 9.35 Å². The molecule has 0 spiro atoms. The molecule has 0 fully saturated rings. The highest BCUT2D eigenvalue weighted by Gasteiger charge is 2.48. The van der Waals surface area contributed by atoms with Crippen molar-refractivity contribution in [3.05, 3.63) is 118 Å². The van der Waals surface area contributed by atoms with Crippen molar-refractivity contribution in [2.24, 2.45) is 5.92 Å². The molecule has 1 N–H and O–H groups in total. The lowest BCUT2D eigenvalue weighted by Gasteiger charge is -2.44. The van der Waals surface area contributed by atoms with Crippen LogP contribution in [0.25, 0.3) is 21.5 Å². The van der Waals surface area contributed by atoms with Gasteiger partial charge in [-0.05, 0) is 50.2 Å². The summed E-state index contributed by atoms with van der Waals surface area (Å²) in [4.78, 5) is 11.3. The van der Waals surface area contributed by atoms with Gasteiger partial charge in [0.05, 0.1) is 5.92 Å². The van der Waals surface area contributed by atoms with Crippen LogP contribution in [-0.2, 0) is 14.9 Å². The molecule has 10 heteroatoms. The normalized spacial score (nSPS) is 19.3. The van der Waals surface area contributed by atoms with Crippen LogP contribution in [-0.4, -0.2) is 18.9 Å². The molecular weight excluding hydrogens is 560 g/mol. The van der Waals surface area contributed by atoms with E-state index >= 15 is 0 Å². The summed E-state index contributed by atoms with van der Waals surface area (Å²) in [6.45, 7) is 0. The monoisotopic (exact) mass is 578 g/mol. The van der Waals surface area contributed by atoms with Crippen LogP contribution in [0.2, 0.25) is 0 Å². The minimum absolute atomic E-state index is 0.206. The molecule has 0 saturated heterocycles. The van der Waals surface area contributed by atoms with Crippen LogP contribution in [0.1, 0.15) is 40.5 Å². The average Bonchev–Trinajstić information content (AvgIpc) is 2.95. The Morgan fingerprint density at radius 2 is 1.12 bits per heavy atom. The van der Waals surface area contributed by atoms with E-state index in [1.54, 1.807) is 0 Å². The van der Waals surface area contributed by atoms with Gasteiger partial charge in [-0.15, -0.1) is 0 Å². The van der Waals surface area contributed by atoms with Crippen LogP contribution >= 0.6 is 0 Å². The molecule has 0 aromatic heterocycles. The van der Waals surface area contributed by atoms with Crippen molar-refractivity contribution in [3.8, 4) is 5.75 Å². The van der Waals surface area contributed by atoms with Crippen LogP contribution in [0.4, 0.5) is 17.6 Å². The van der Waals surface area contributed by atoms with E-state index in [0.717, 1.165) is 43.8 Å². The van der Waals surface area contributed by atoms with Gasteiger partial charge in [0.1, 0.15) is 0 Å². The Labute approximate surface area is 230 Å². The molecule has 3 aliphatic carbocycles. The fraction of sp³-hybridized carbons (Fsp3) is 0.129. The van der Waals surface area contributed by atoms with E-state index in [0.29, 0.717) is 0 Å². The summed E-state index contributed by atoms with van der Waals surface area (Å²) in [7, 11) is -5.66. The van der Waals surface area contributed by atoms with Crippen molar-refractivity contribution < 1.29 is 40.1 Å². The average molecular weight is 579 g/mol. The fourth-order valence-electron chi connectivity index (χ4n) is 6.42. The Kier molecular flexibility index (Phi) is 5.55. The molecule has 2 bridgehead atoms. The van der Waals surface area contributed by atoms with E-state index in [4.69, 9.17) is 9.29 Å². The second kappa shape index (κ2) is 8.86. The number of esters is 1. The molecule has 0 radical (unpaired) electrons. The number of rotatable bonds is 3. The summed E-state index contributed by atoms with van der Waals surface area (Å²) >= 11 is 0. The van der Waals surface area contributed by atoms with Crippen molar-refractivity contribution in [3.63, 3.8) is 0 Å². The Balaban J connectivity index is 1.37. The first kappa shape index (κ1) is 25.7. The minimum atomic E-state index is -5.66. The van der Waals surface area contributed by atoms with Gasteiger partial charge in [-0.2, -0.15) is 17.2 Å². The maximum Gasteiger partial charge on any atom is 0.315 e. The third-order valence-electron chi connectivity index (χ3n) is 8.16. The third kappa shape index (κ3) is 3.78. The SMILES string of the molecule is O=C(Oc1c(F)c(F)c(S(=O)(=O)O)c(F)c1F)C1CC2c3cc4ccccc4cc3C1c1cc3ccccc3cc12. The van der Waals surface area contributed by atoms with Crippen LogP contribution < -0.4 is 4.74 Å². The number of benzene rings is 5. The van der Waals surface area contributed by atoms with E-state index in [1.807, 2.05) is 60.7 Å².